The molecule has 0 radical (unpaired) electrons. The van der Waals surface area contributed by atoms with Crippen LogP contribution in [0.1, 0.15) is 17.3 Å². The number of fused-ring (bicyclic) bond motifs is 12. The summed E-state index contributed by atoms with van der Waals surface area (Å²) in [5, 5.41) is 10.2. The number of hydrogen-bond acceptors (Lipinski definition) is 3. The van der Waals surface area contributed by atoms with E-state index in [4.69, 9.17) is 9.97 Å². The van der Waals surface area contributed by atoms with E-state index in [1.165, 1.54) is 20.5 Å². The van der Waals surface area contributed by atoms with Gasteiger partial charge in [-0.25, -0.2) is 14.4 Å². The molecule has 7 aromatic carbocycles. The number of imidazole rings is 1. The van der Waals surface area contributed by atoms with Crippen molar-refractivity contribution in [1.82, 2.24) is 18.9 Å². The van der Waals surface area contributed by atoms with Crippen molar-refractivity contribution < 1.29 is 4.39 Å². The summed E-state index contributed by atoms with van der Waals surface area (Å²) in [6.45, 7) is 0. The standard InChI is InChI=1S/C51H33FN4SSi/c52-48(33-26-27-36-37-19-7-9-21-41(37)55-30-29-54-51(55)39(36)31-33)40-32-43-47(38-20-8-10-22-42(38)56(43)46-25-13-14-28-53-46)49-50(40)58(34-15-3-1-4-16-34,35-17-5-2-6-18-35)45-24-12-11-23-44(45)57-49/h1-32,48H. The van der Waals surface area contributed by atoms with E-state index in [0.717, 1.165) is 65.0 Å². The monoisotopic (exact) mass is 780 g/mol. The van der Waals surface area contributed by atoms with Gasteiger partial charge in [-0.15, -0.1) is 0 Å². The van der Waals surface area contributed by atoms with Gasteiger partial charge in [0.25, 0.3) is 0 Å². The zero-order valence-corrected chi connectivity index (χ0v) is 32.9. The second-order valence-corrected chi connectivity index (χ2v) is 19.7. The third-order valence-corrected chi connectivity index (χ3v) is 18.5. The highest BCUT2D eigenvalue weighted by Crippen LogP contribution is 2.46. The van der Waals surface area contributed by atoms with E-state index in [0.29, 0.717) is 11.1 Å². The average molecular weight is 781 g/mol. The maximum atomic E-state index is 18.9. The number of benzene rings is 7. The number of halogens is 1. The normalized spacial score (nSPS) is 13.9. The number of pyridine rings is 2. The van der Waals surface area contributed by atoms with Crippen molar-refractivity contribution in [2.45, 2.75) is 16.0 Å². The van der Waals surface area contributed by atoms with E-state index in [-0.39, 0.29) is 0 Å². The summed E-state index contributed by atoms with van der Waals surface area (Å²) < 4.78 is 23.2. The zero-order chi connectivity index (χ0) is 38.4. The van der Waals surface area contributed by atoms with Crippen LogP contribution in [-0.4, -0.2) is 27.0 Å². The van der Waals surface area contributed by atoms with Crippen molar-refractivity contribution in [2.24, 2.45) is 0 Å². The number of rotatable bonds is 5. The van der Waals surface area contributed by atoms with Gasteiger partial charge in [-0.05, 0) is 79.7 Å². The quantitative estimate of drug-likeness (QED) is 0.129. The van der Waals surface area contributed by atoms with Crippen LogP contribution < -0.4 is 20.7 Å². The Balaban J connectivity index is 1.26. The Kier molecular flexibility index (Phi) is 7.39. The Morgan fingerprint density at radius 3 is 2.02 bits per heavy atom. The average Bonchev–Trinajstić information content (AvgIpc) is 3.93. The first-order valence-electron chi connectivity index (χ1n) is 19.5. The Morgan fingerprint density at radius 1 is 0.552 bits per heavy atom. The predicted molar refractivity (Wildman–Crippen MR) is 239 cm³/mol. The molecule has 58 heavy (non-hydrogen) atoms. The van der Waals surface area contributed by atoms with E-state index in [1.54, 1.807) is 11.8 Å². The molecule has 274 valence electrons. The van der Waals surface area contributed by atoms with Crippen LogP contribution in [0.4, 0.5) is 4.39 Å². The second-order valence-electron chi connectivity index (χ2n) is 15.0. The van der Waals surface area contributed by atoms with Gasteiger partial charge in [0.2, 0.25) is 0 Å². The summed E-state index contributed by atoms with van der Waals surface area (Å²) in [5.41, 5.74) is 5.15. The lowest BCUT2D eigenvalue weighted by atomic mass is 9.97. The van der Waals surface area contributed by atoms with E-state index in [9.17, 15) is 0 Å². The molecule has 0 bridgehead atoms. The van der Waals surface area contributed by atoms with Crippen LogP contribution in [0.5, 0.6) is 0 Å². The van der Waals surface area contributed by atoms with Crippen molar-refractivity contribution in [2.75, 3.05) is 0 Å². The van der Waals surface area contributed by atoms with E-state index >= 15 is 4.39 Å². The first-order valence-corrected chi connectivity index (χ1v) is 22.4. The number of para-hydroxylation sites is 2. The van der Waals surface area contributed by atoms with Crippen LogP contribution in [-0.2, 0) is 0 Å². The first-order chi connectivity index (χ1) is 28.7. The molecule has 1 unspecified atom stereocenters. The summed E-state index contributed by atoms with van der Waals surface area (Å²) >= 11 is 1.78. The fourth-order valence-electron chi connectivity index (χ4n) is 9.71. The number of hydrogen-bond donors (Lipinski definition) is 0. The maximum absolute atomic E-state index is 18.9. The summed E-state index contributed by atoms with van der Waals surface area (Å²) in [6.07, 6.45) is 4.18. The van der Waals surface area contributed by atoms with Gasteiger partial charge in [0.1, 0.15) is 11.5 Å². The molecule has 0 aliphatic carbocycles. The van der Waals surface area contributed by atoms with E-state index < -0.39 is 14.2 Å². The van der Waals surface area contributed by atoms with E-state index in [1.807, 2.05) is 48.9 Å². The van der Waals surface area contributed by atoms with Gasteiger partial charge in [-0.3, -0.25) is 8.97 Å². The fraction of sp³-hybridized carbons (Fsp3) is 0.0196. The Morgan fingerprint density at radius 2 is 1.24 bits per heavy atom. The van der Waals surface area contributed by atoms with Crippen molar-refractivity contribution in [3.05, 3.63) is 206 Å². The molecule has 1 aliphatic rings. The second kappa shape index (κ2) is 12.9. The zero-order valence-electron chi connectivity index (χ0n) is 31.1. The van der Waals surface area contributed by atoms with Crippen LogP contribution in [0.2, 0.25) is 0 Å². The molecular formula is C51H33FN4SSi. The van der Waals surface area contributed by atoms with Crippen LogP contribution >= 0.6 is 11.8 Å². The molecule has 1 aliphatic heterocycles. The predicted octanol–water partition coefficient (Wildman–Crippen LogP) is 10.0. The molecule has 11 aromatic rings. The molecule has 1 atom stereocenters. The molecule has 0 fully saturated rings. The van der Waals surface area contributed by atoms with Crippen LogP contribution in [0, 0.1) is 0 Å². The van der Waals surface area contributed by atoms with Gasteiger partial charge >= 0.3 is 0 Å². The van der Waals surface area contributed by atoms with E-state index in [2.05, 4.69) is 155 Å². The first kappa shape index (κ1) is 33.3. The molecule has 4 nitrogen and oxygen atoms in total. The highest BCUT2D eigenvalue weighted by Gasteiger charge is 2.50. The smallest absolute Gasteiger partial charge is 0.182 e. The SMILES string of the molecule is FC(c1ccc2c3ccccc3n3ccnc3c2c1)c1cc2c(c3c1[Si](c1ccccc1)(c1ccccc1)c1ccccc1S3)c1ccccc1n2-c1ccccn1. The van der Waals surface area contributed by atoms with Gasteiger partial charge in [-0.1, -0.05) is 145 Å². The van der Waals surface area contributed by atoms with Gasteiger partial charge in [0, 0.05) is 49.9 Å². The number of aromatic nitrogens is 4. The molecule has 12 rings (SSSR count). The molecular weight excluding hydrogens is 748 g/mol. The number of nitrogens with zero attached hydrogens (tertiary/aromatic N) is 4. The third-order valence-electron chi connectivity index (χ3n) is 12.1. The van der Waals surface area contributed by atoms with Crippen molar-refractivity contribution in [3.8, 4) is 5.82 Å². The lowest BCUT2D eigenvalue weighted by Crippen LogP contribution is -2.77. The van der Waals surface area contributed by atoms with Gasteiger partial charge in [0.15, 0.2) is 14.2 Å². The van der Waals surface area contributed by atoms with Crippen molar-refractivity contribution >= 4 is 89.7 Å². The van der Waals surface area contributed by atoms with Gasteiger partial charge < -0.3 is 0 Å². The fourth-order valence-corrected chi connectivity index (χ4v) is 17.1. The highest BCUT2D eigenvalue weighted by atomic mass is 32.2. The Labute approximate surface area is 338 Å². The van der Waals surface area contributed by atoms with Crippen molar-refractivity contribution in [1.29, 1.82) is 0 Å². The van der Waals surface area contributed by atoms with Gasteiger partial charge in [-0.2, -0.15) is 0 Å². The van der Waals surface area contributed by atoms with Gasteiger partial charge in [0.05, 0.1) is 16.6 Å². The Hall–Kier alpha value is -6.80. The maximum Gasteiger partial charge on any atom is 0.182 e. The van der Waals surface area contributed by atoms with Crippen LogP contribution in [0.15, 0.2) is 204 Å². The minimum Gasteiger partial charge on any atom is -0.299 e. The molecule has 7 heteroatoms. The molecule has 0 amide bonds. The van der Waals surface area contributed by atoms with Crippen LogP contribution in [0.3, 0.4) is 0 Å². The summed E-state index contributed by atoms with van der Waals surface area (Å²) in [4.78, 5) is 12.0. The Bertz CT molecular complexity index is 3360. The minimum atomic E-state index is -3.22. The summed E-state index contributed by atoms with van der Waals surface area (Å²) in [6, 6.07) is 61.8. The minimum absolute atomic E-state index is 0.600. The molecule has 5 heterocycles. The van der Waals surface area contributed by atoms with Crippen LogP contribution in [0.25, 0.3) is 54.9 Å². The molecule has 0 spiro atoms. The third kappa shape index (κ3) is 4.62. The van der Waals surface area contributed by atoms with Crippen molar-refractivity contribution in [3.63, 3.8) is 0 Å². The lowest BCUT2D eigenvalue weighted by Gasteiger charge is -2.42. The lowest BCUT2D eigenvalue weighted by molar-refractivity contribution is 0.404. The molecule has 4 aromatic heterocycles. The largest absolute Gasteiger partial charge is 0.299 e. The highest BCUT2D eigenvalue weighted by molar-refractivity contribution is 8.00. The topological polar surface area (TPSA) is 35.1 Å². The summed E-state index contributed by atoms with van der Waals surface area (Å²) in [5.74, 6) is 0.796. The number of alkyl halides is 1. The summed E-state index contributed by atoms with van der Waals surface area (Å²) in [7, 11) is -3.22. The molecule has 0 saturated carbocycles. The molecule has 0 saturated heterocycles. The molecule has 0 N–H and O–H groups in total.